The summed E-state index contributed by atoms with van der Waals surface area (Å²) >= 11 is 0. The summed E-state index contributed by atoms with van der Waals surface area (Å²) in [4.78, 5) is 13.5. The molecule has 116 valence electrons. The van der Waals surface area contributed by atoms with Gasteiger partial charge < -0.3 is 20.9 Å². The number of nitrogens with two attached hydrogens (primary N) is 1. The summed E-state index contributed by atoms with van der Waals surface area (Å²) in [5, 5.41) is 3.34. The third kappa shape index (κ3) is 3.20. The van der Waals surface area contributed by atoms with Crippen LogP contribution in [0.3, 0.4) is 0 Å². The molecule has 2 saturated heterocycles. The van der Waals surface area contributed by atoms with Crippen molar-refractivity contribution in [1.82, 2.24) is 14.9 Å². The van der Waals surface area contributed by atoms with Gasteiger partial charge >= 0.3 is 0 Å². The van der Waals surface area contributed by atoms with Gasteiger partial charge in [0.15, 0.2) is 0 Å². The van der Waals surface area contributed by atoms with Crippen molar-refractivity contribution in [3.63, 3.8) is 0 Å². The molecule has 0 saturated carbocycles. The summed E-state index contributed by atoms with van der Waals surface area (Å²) in [7, 11) is 2.21. The summed E-state index contributed by atoms with van der Waals surface area (Å²) in [6, 6.07) is 2.03. The van der Waals surface area contributed by atoms with Crippen molar-refractivity contribution in [2.75, 3.05) is 55.7 Å². The molecule has 3 heterocycles. The van der Waals surface area contributed by atoms with Gasteiger partial charge in [-0.15, -0.1) is 0 Å². The highest BCUT2D eigenvalue weighted by atomic mass is 15.3. The highest BCUT2D eigenvalue weighted by Gasteiger charge is 2.39. The molecule has 2 aliphatic rings. The van der Waals surface area contributed by atoms with Crippen LogP contribution in [0.2, 0.25) is 0 Å². The van der Waals surface area contributed by atoms with Crippen molar-refractivity contribution in [3.05, 3.63) is 6.07 Å². The molecule has 6 heteroatoms. The minimum atomic E-state index is 0.355. The maximum atomic E-state index is 5.87. The molecule has 0 spiro atoms. The zero-order chi connectivity index (χ0) is 15.0. The van der Waals surface area contributed by atoms with Gasteiger partial charge in [0.2, 0.25) is 5.95 Å². The molecule has 0 bridgehead atoms. The summed E-state index contributed by atoms with van der Waals surface area (Å²) < 4.78 is 0. The molecule has 21 heavy (non-hydrogen) atoms. The van der Waals surface area contributed by atoms with Gasteiger partial charge in [-0.3, -0.25) is 0 Å². The fourth-order valence-corrected chi connectivity index (χ4v) is 3.43. The second-order valence-corrected chi connectivity index (χ2v) is 6.89. The van der Waals surface area contributed by atoms with E-state index in [2.05, 4.69) is 46.0 Å². The van der Waals surface area contributed by atoms with Crippen LogP contribution in [0.1, 0.15) is 13.8 Å². The van der Waals surface area contributed by atoms with Crippen molar-refractivity contribution in [2.24, 2.45) is 17.8 Å². The summed E-state index contributed by atoms with van der Waals surface area (Å²) in [5.74, 6) is 4.25. The number of nitrogens with zero attached hydrogens (tertiary/aromatic N) is 4. The minimum absolute atomic E-state index is 0.355. The molecule has 2 fully saturated rings. The Morgan fingerprint density at radius 2 is 1.90 bits per heavy atom. The SMILES string of the molecule is CC(C)CNc1cc(N2C[C@H]3CN(C)C[C@H]3C2)nc(N)n1. The summed E-state index contributed by atoms with van der Waals surface area (Å²) in [5.41, 5.74) is 5.87. The van der Waals surface area contributed by atoms with Crippen molar-refractivity contribution < 1.29 is 0 Å². The molecule has 0 aromatic carbocycles. The molecule has 2 aliphatic heterocycles. The molecule has 0 unspecified atom stereocenters. The first kappa shape index (κ1) is 14.4. The minimum Gasteiger partial charge on any atom is -0.370 e. The van der Waals surface area contributed by atoms with Gasteiger partial charge in [-0.2, -0.15) is 9.97 Å². The lowest BCUT2D eigenvalue weighted by Gasteiger charge is -2.21. The zero-order valence-electron chi connectivity index (χ0n) is 13.2. The van der Waals surface area contributed by atoms with Gasteiger partial charge in [0.1, 0.15) is 11.6 Å². The summed E-state index contributed by atoms with van der Waals surface area (Å²) in [6.07, 6.45) is 0. The van der Waals surface area contributed by atoms with Crippen molar-refractivity contribution in [1.29, 1.82) is 0 Å². The fourth-order valence-electron chi connectivity index (χ4n) is 3.43. The van der Waals surface area contributed by atoms with E-state index in [-0.39, 0.29) is 0 Å². The lowest BCUT2D eigenvalue weighted by molar-refractivity contribution is 0.387. The van der Waals surface area contributed by atoms with E-state index in [4.69, 9.17) is 5.73 Å². The van der Waals surface area contributed by atoms with Gasteiger partial charge in [0.25, 0.3) is 0 Å². The van der Waals surface area contributed by atoms with Gasteiger partial charge in [-0.1, -0.05) is 13.8 Å². The van der Waals surface area contributed by atoms with Crippen LogP contribution in [0.4, 0.5) is 17.6 Å². The number of aromatic nitrogens is 2. The molecule has 3 N–H and O–H groups in total. The Morgan fingerprint density at radius 3 is 2.52 bits per heavy atom. The van der Waals surface area contributed by atoms with Crippen LogP contribution in [-0.2, 0) is 0 Å². The van der Waals surface area contributed by atoms with Crippen LogP contribution >= 0.6 is 0 Å². The number of nitrogen functional groups attached to an aromatic ring is 1. The normalized spacial score (nSPS) is 25.6. The van der Waals surface area contributed by atoms with E-state index in [0.29, 0.717) is 11.9 Å². The lowest BCUT2D eigenvalue weighted by atomic mass is 10.0. The number of hydrogen-bond donors (Lipinski definition) is 2. The van der Waals surface area contributed by atoms with E-state index in [9.17, 15) is 0 Å². The number of anilines is 3. The van der Waals surface area contributed by atoms with E-state index >= 15 is 0 Å². The number of likely N-dealkylation sites (tertiary alicyclic amines) is 1. The Hall–Kier alpha value is -1.56. The first-order valence-electron chi connectivity index (χ1n) is 7.83. The van der Waals surface area contributed by atoms with Gasteiger partial charge in [-0.05, 0) is 24.8 Å². The number of fused-ring (bicyclic) bond motifs is 1. The predicted octanol–water partition coefficient (Wildman–Crippen LogP) is 1.12. The van der Waals surface area contributed by atoms with Gasteiger partial charge in [0, 0.05) is 38.8 Å². The van der Waals surface area contributed by atoms with E-state index in [1.807, 2.05) is 6.07 Å². The largest absolute Gasteiger partial charge is 0.370 e. The molecular weight excluding hydrogens is 264 g/mol. The number of hydrogen-bond acceptors (Lipinski definition) is 6. The highest BCUT2D eigenvalue weighted by molar-refractivity contribution is 5.53. The Labute approximate surface area is 126 Å². The maximum absolute atomic E-state index is 5.87. The average Bonchev–Trinajstić information content (AvgIpc) is 2.92. The molecule has 0 radical (unpaired) electrons. The van der Waals surface area contributed by atoms with E-state index in [1.54, 1.807) is 0 Å². The molecule has 3 rings (SSSR count). The summed E-state index contributed by atoms with van der Waals surface area (Å²) in [6.45, 7) is 9.80. The van der Waals surface area contributed by atoms with Crippen molar-refractivity contribution >= 4 is 17.6 Å². The van der Waals surface area contributed by atoms with Crippen LogP contribution in [-0.4, -0.2) is 54.6 Å². The Bertz CT molecular complexity index is 489. The Morgan fingerprint density at radius 1 is 1.24 bits per heavy atom. The monoisotopic (exact) mass is 290 g/mol. The van der Waals surface area contributed by atoms with E-state index in [0.717, 1.165) is 43.1 Å². The molecule has 0 amide bonds. The topological polar surface area (TPSA) is 70.3 Å². The van der Waals surface area contributed by atoms with Gasteiger partial charge in [-0.25, -0.2) is 0 Å². The quantitative estimate of drug-likeness (QED) is 0.866. The van der Waals surface area contributed by atoms with Crippen LogP contribution < -0.4 is 16.0 Å². The highest BCUT2D eigenvalue weighted by Crippen LogP contribution is 2.33. The maximum Gasteiger partial charge on any atom is 0.223 e. The van der Waals surface area contributed by atoms with Crippen molar-refractivity contribution in [3.8, 4) is 0 Å². The molecule has 6 nitrogen and oxygen atoms in total. The second kappa shape index (κ2) is 5.67. The third-order valence-corrected chi connectivity index (χ3v) is 4.41. The third-order valence-electron chi connectivity index (χ3n) is 4.41. The predicted molar refractivity (Wildman–Crippen MR) is 86.5 cm³/mol. The molecule has 0 aliphatic carbocycles. The molecule has 1 aromatic heterocycles. The first-order valence-corrected chi connectivity index (χ1v) is 7.83. The lowest BCUT2D eigenvalue weighted by Crippen LogP contribution is -2.27. The smallest absolute Gasteiger partial charge is 0.223 e. The van der Waals surface area contributed by atoms with Crippen LogP contribution in [0.5, 0.6) is 0 Å². The zero-order valence-corrected chi connectivity index (χ0v) is 13.2. The Kier molecular flexibility index (Phi) is 3.89. The van der Waals surface area contributed by atoms with Crippen LogP contribution in [0.25, 0.3) is 0 Å². The van der Waals surface area contributed by atoms with Crippen LogP contribution in [0.15, 0.2) is 6.07 Å². The second-order valence-electron chi connectivity index (χ2n) is 6.89. The van der Waals surface area contributed by atoms with Crippen LogP contribution in [0, 0.1) is 17.8 Å². The fraction of sp³-hybridized carbons (Fsp3) is 0.733. The number of nitrogens with one attached hydrogen (secondary N) is 1. The standard InChI is InChI=1S/C15H26N6/c1-10(2)5-17-13-4-14(19-15(16)18-13)21-8-11-6-20(3)7-12(11)9-21/h4,10-12H,5-9H2,1-3H3,(H3,16,17,18,19)/t11-,12+. The van der Waals surface area contributed by atoms with Crippen molar-refractivity contribution in [2.45, 2.75) is 13.8 Å². The average molecular weight is 290 g/mol. The number of rotatable bonds is 4. The van der Waals surface area contributed by atoms with E-state index in [1.165, 1.54) is 13.1 Å². The van der Waals surface area contributed by atoms with Gasteiger partial charge in [0.05, 0.1) is 0 Å². The molecule has 2 atom stereocenters. The Balaban J connectivity index is 1.71. The van der Waals surface area contributed by atoms with E-state index < -0.39 is 0 Å². The first-order chi connectivity index (χ1) is 10.0. The molecule has 1 aromatic rings. The molecular formula is C15H26N6.